The lowest BCUT2D eigenvalue weighted by Crippen LogP contribution is -2.18. The molecule has 0 N–H and O–H groups in total. The highest BCUT2D eigenvalue weighted by atomic mass is 32.2. The third-order valence-electron chi connectivity index (χ3n) is 4.19. The van der Waals surface area contributed by atoms with Gasteiger partial charge in [0.15, 0.2) is 11.6 Å². The van der Waals surface area contributed by atoms with E-state index >= 15 is 0 Å². The number of aromatic nitrogens is 1. The zero-order chi connectivity index (χ0) is 19.3. The van der Waals surface area contributed by atoms with Crippen LogP contribution in [0.2, 0.25) is 0 Å². The largest absolute Gasteiger partial charge is 0.497 e. The van der Waals surface area contributed by atoms with Crippen LogP contribution in [0.25, 0.3) is 0 Å². The lowest BCUT2D eigenvalue weighted by molar-refractivity contribution is 0.413. The average molecular weight is 409 g/mol. The maximum Gasteiger partial charge on any atom is 0.177 e. The first kappa shape index (κ1) is 18.8. The molecule has 0 saturated heterocycles. The van der Waals surface area contributed by atoms with Gasteiger partial charge in [-0.3, -0.25) is 0 Å². The highest BCUT2D eigenvalue weighted by molar-refractivity contribution is 8.02. The molecule has 2 heterocycles. The molecule has 4 rings (SSSR count). The normalized spacial score (nSPS) is 13.4. The van der Waals surface area contributed by atoms with Crippen LogP contribution in [0.5, 0.6) is 17.2 Å². The van der Waals surface area contributed by atoms with E-state index < -0.39 is 0 Å². The van der Waals surface area contributed by atoms with Crippen molar-refractivity contribution in [3.63, 3.8) is 0 Å². The second-order valence-electron chi connectivity index (χ2n) is 6.17. The molecule has 0 spiro atoms. The van der Waals surface area contributed by atoms with E-state index in [0.29, 0.717) is 0 Å². The van der Waals surface area contributed by atoms with Crippen molar-refractivity contribution in [1.82, 2.24) is 4.98 Å². The fourth-order valence-electron chi connectivity index (χ4n) is 2.80. The van der Waals surface area contributed by atoms with Crippen LogP contribution in [-0.2, 0) is 0 Å². The van der Waals surface area contributed by atoms with Crippen LogP contribution in [0.1, 0.15) is 6.92 Å². The summed E-state index contributed by atoms with van der Waals surface area (Å²) in [4.78, 5) is 9.01. The second-order valence-corrected chi connectivity index (χ2v) is 8.15. The summed E-state index contributed by atoms with van der Waals surface area (Å²) in [5, 5.41) is 2.15. The lowest BCUT2D eigenvalue weighted by atomic mass is 10.3. The second kappa shape index (κ2) is 8.63. The van der Waals surface area contributed by atoms with Crippen LogP contribution < -0.4 is 14.4 Å². The highest BCUT2D eigenvalue weighted by Crippen LogP contribution is 2.40. The minimum Gasteiger partial charge on any atom is -0.497 e. The first-order valence-corrected chi connectivity index (χ1v) is 10.7. The summed E-state index contributed by atoms with van der Waals surface area (Å²) >= 11 is 3.39. The predicted octanol–water partition coefficient (Wildman–Crippen LogP) is 6.41. The van der Waals surface area contributed by atoms with E-state index in [2.05, 4.69) is 29.4 Å². The van der Waals surface area contributed by atoms with Gasteiger partial charge in [0.25, 0.3) is 0 Å². The topological polar surface area (TPSA) is 34.6 Å². The van der Waals surface area contributed by atoms with Crippen molar-refractivity contribution < 1.29 is 9.47 Å². The summed E-state index contributed by atoms with van der Waals surface area (Å²) in [5.74, 6) is 4.05. The molecule has 3 aromatic rings. The summed E-state index contributed by atoms with van der Waals surface area (Å²) in [6.45, 7) is 2.09. The fraction of sp³-hybridized carbons (Fsp3) is 0.136. The molecular formula is C22H20N2O2S2. The SMILES string of the molecule is COc1cccc(Sc2cnc(N3CSC=C3C)c(Oc3ccccc3)c2)c1. The van der Waals surface area contributed by atoms with E-state index in [1.165, 1.54) is 5.70 Å². The summed E-state index contributed by atoms with van der Waals surface area (Å²) < 4.78 is 11.5. The molecule has 1 aromatic heterocycles. The molecule has 1 aliphatic rings. The predicted molar refractivity (Wildman–Crippen MR) is 117 cm³/mol. The minimum absolute atomic E-state index is 0.745. The number of benzene rings is 2. The Morgan fingerprint density at radius 1 is 1.00 bits per heavy atom. The third-order valence-corrected chi connectivity index (χ3v) is 6.06. The van der Waals surface area contributed by atoms with Crippen LogP contribution in [0.3, 0.4) is 0 Å². The lowest BCUT2D eigenvalue weighted by Gasteiger charge is -2.21. The number of hydrogen-bond donors (Lipinski definition) is 0. The van der Waals surface area contributed by atoms with Crippen LogP contribution in [0.15, 0.2) is 87.8 Å². The van der Waals surface area contributed by atoms with Crippen molar-refractivity contribution in [2.75, 3.05) is 17.9 Å². The Morgan fingerprint density at radius 3 is 2.57 bits per heavy atom. The monoisotopic (exact) mass is 408 g/mol. The van der Waals surface area contributed by atoms with E-state index in [0.717, 1.165) is 38.7 Å². The van der Waals surface area contributed by atoms with Gasteiger partial charge in [0, 0.05) is 27.8 Å². The molecule has 0 atom stereocenters. The maximum atomic E-state index is 6.21. The van der Waals surface area contributed by atoms with Gasteiger partial charge in [-0.15, -0.1) is 11.8 Å². The van der Waals surface area contributed by atoms with Gasteiger partial charge in [0.2, 0.25) is 0 Å². The van der Waals surface area contributed by atoms with Crippen LogP contribution >= 0.6 is 23.5 Å². The van der Waals surface area contributed by atoms with Crippen molar-refractivity contribution in [2.24, 2.45) is 0 Å². The number of nitrogens with zero attached hydrogens (tertiary/aromatic N) is 2. The molecule has 0 saturated carbocycles. The van der Waals surface area contributed by atoms with Gasteiger partial charge in [-0.25, -0.2) is 4.98 Å². The molecule has 0 fully saturated rings. The molecule has 2 aromatic carbocycles. The van der Waals surface area contributed by atoms with Gasteiger partial charge >= 0.3 is 0 Å². The Balaban J connectivity index is 1.67. The molecular weight excluding hydrogens is 388 g/mol. The maximum absolute atomic E-state index is 6.21. The Hall–Kier alpha value is -2.57. The number of anilines is 1. The van der Waals surface area contributed by atoms with Crippen molar-refractivity contribution in [3.05, 3.63) is 78.0 Å². The first-order valence-electron chi connectivity index (χ1n) is 8.84. The zero-order valence-corrected chi connectivity index (χ0v) is 17.3. The minimum atomic E-state index is 0.745. The number of methoxy groups -OCH3 is 1. The summed E-state index contributed by atoms with van der Waals surface area (Å²) in [5.41, 5.74) is 1.17. The first-order chi connectivity index (χ1) is 13.7. The van der Waals surface area contributed by atoms with E-state index in [1.54, 1.807) is 30.6 Å². The van der Waals surface area contributed by atoms with Crippen molar-refractivity contribution in [3.8, 4) is 17.2 Å². The molecule has 4 nitrogen and oxygen atoms in total. The van der Waals surface area contributed by atoms with Gasteiger partial charge < -0.3 is 14.4 Å². The van der Waals surface area contributed by atoms with Crippen LogP contribution in [-0.4, -0.2) is 18.0 Å². The van der Waals surface area contributed by atoms with E-state index in [9.17, 15) is 0 Å². The van der Waals surface area contributed by atoms with E-state index in [4.69, 9.17) is 14.5 Å². The summed E-state index contributed by atoms with van der Waals surface area (Å²) in [6.07, 6.45) is 1.90. The number of allylic oxidation sites excluding steroid dienone is 1. The van der Waals surface area contributed by atoms with Gasteiger partial charge in [-0.2, -0.15) is 0 Å². The van der Waals surface area contributed by atoms with Crippen molar-refractivity contribution >= 4 is 29.3 Å². The smallest absolute Gasteiger partial charge is 0.177 e. The van der Waals surface area contributed by atoms with Crippen molar-refractivity contribution in [2.45, 2.75) is 16.7 Å². The fourth-order valence-corrected chi connectivity index (χ4v) is 4.58. The standard InChI is InChI=1S/C22H20N2O2S2/c1-16-14-27-15-24(16)22-21(26-17-7-4-3-5-8-17)12-20(13-23-22)28-19-10-6-9-18(11-19)25-2/h3-14H,15H2,1-2H3. The molecule has 28 heavy (non-hydrogen) atoms. The Kier molecular flexibility index (Phi) is 5.78. The number of pyridine rings is 1. The molecule has 142 valence electrons. The third kappa shape index (κ3) is 4.29. The van der Waals surface area contributed by atoms with E-state index in [-0.39, 0.29) is 0 Å². The molecule has 0 amide bonds. The van der Waals surface area contributed by atoms with Crippen LogP contribution in [0.4, 0.5) is 5.82 Å². The average Bonchev–Trinajstić information content (AvgIpc) is 3.15. The molecule has 6 heteroatoms. The molecule has 0 bridgehead atoms. The molecule has 0 aliphatic carbocycles. The van der Waals surface area contributed by atoms with E-state index in [1.807, 2.05) is 54.7 Å². The molecule has 1 aliphatic heterocycles. The Bertz CT molecular complexity index is 993. The van der Waals surface area contributed by atoms with Gasteiger partial charge in [-0.1, -0.05) is 36.0 Å². The molecule has 0 radical (unpaired) electrons. The number of rotatable bonds is 6. The zero-order valence-electron chi connectivity index (χ0n) is 15.7. The quantitative estimate of drug-likeness (QED) is 0.469. The summed E-state index contributed by atoms with van der Waals surface area (Å²) in [6, 6.07) is 19.9. The highest BCUT2D eigenvalue weighted by Gasteiger charge is 2.20. The molecule has 0 unspecified atom stereocenters. The number of para-hydroxylation sites is 1. The number of thioether (sulfide) groups is 1. The van der Waals surface area contributed by atoms with Gasteiger partial charge in [-0.05, 0) is 42.7 Å². The van der Waals surface area contributed by atoms with Crippen molar-refractivity contribution in [1.29, 1.82) is 0 Å². The number of ether oxygens (including phenoxy) is 2. The number of hydrogen-bond acceptors (Lipinski definition) is 6. The Labute approximate surface area is 173 Å². The van der Waals surface area contributed by atoms with Crippen LogP contribution in [0, 0.1) is 0 Å². The van der Waals surface area contributed by atoms with Gasteiger partial charge in [0.05, 0.1) is 13.0 Å². The Morgan fingerprint density at radius 2 is 1.82 bits per heavy atom. The van der Waals surface area contributed by atoms with Gasteiger partial charge in [0.1, 0.15) is 11.5 Å². The summed E-state index contributed by atoms with van der Waals surface area (Å²) in [7, 11) is 1.68.